The molecule has 0 aliphatic heterocycles. The Labute approximate surface area is 85.4 Å². The molecule has 0 heterocycles. The summed E-state index contributed by atoms with van der Waals surface area (Å²) in [7, 11) is 0. The van der Waals surface area contributed by atoms with Crippen LogP contribution in [0.2, 0.25) is 0 Å². The predicted octanol–water partition coefficient (Wildman–Crippen LogP) is 4.07. The van der Waals surface area contributed by atoms with Crippen molar-refractivity contribution < 1.29 is 0 Å². The fraction of sp³-hybridized carbons (Fsp3) is 1.00. The molecule has 0 aromatic rings. The smallest absolute Gasteiger partial charge is 0.0223 e. The lowest BCUT2D eigenvalue weighted by Gasteiger charge is -2.20. The molecule has 12 heavy (non-hydrogen) atoms. The highest BCUT2D eigenvalue weighted by atomic mass is 35.5. The first-order valence-electron chi connectivity index (χ1n) is 5.11. The minimum Gasteiger partial charge on any atom is -0.159 e. The first kappa shape index (κ1) is 10.7. The third kappa shape index (κ3) is 4.61. The summed E-state index contributed by atoms with van der Waals surface area (Å²) in [6.45, 7) is 0. The molecule has 0 spiro atoms. The van der Waals surface area contributed by atoms with E-state index >= 15 is 0 Å². The molecule has 0 bridgehead atoms. The number of rotatable bonds is 5. The van der Waals surface area contributed by atoms with Crippen LogP contribution in [0.1, 0.15) is 44.9 Å². The van der Waals surface area contributed by atoms with E-state index in [2.05, 4.69) is 11.8 Å². The molecule has 0 saturated heterocycles. The molecule has 1 saturated carbocycles. The molecule has 0 amide bonds. The number of alkyl halides is 1. The van der Waals surface area contributed by atoms with Gasteiger partial charge in [0.25, 0.3) is 0 Å². The van der Waals surface area contributed by atoms with Crippen molar-refractivity contribution in [3.8, 4) is 0 Å². The van der Waals surface area contributed by atoms with E-state index in [1.165, 1.54) is 50.7 Å². The SMILES string of the molecule is ClCCCCSC1CCCCC1. The molecule has 1 aliphatic carbocycles. The van der Waals surface area contributed by atoms with Crippen molar-refractivity contribution in [1.29, 1.82) is 0 Å². The molecule has 0 N–H and O–H groups in total. The predicted molar refractivity (Wildman–Crippen MR) is 59.3 cm³/mol. The summed E-state index contributed by atoms with van der Waals surface area (Å²) in [4.78, 5) is 0. The highest BCUT2D eigenvalue weighted by molar-refractivity contribution is 7.99. The Kier molecular flexibility index (Phi) is 6.33. The van der Waals surface area contributed by atoms with Gasteiger partial charge in [0.2, 0.25) is 0 Å². The molecule has 0 nitrogen and oxygen atoms in total. The van der Waals surface area contributed by atoms with E-state index in [1.54, 1.807) is 0 Å². The standard InChI is InChI=1S/C10H19ClS/c11-8-4-5-9-12-10-6-2-1-3-7-10/h10H,1-9H2. The maximum Gasteiger partial charge on any atom is 0.0223 e. The summed E-state index contributed by atoms with van der Waals surface area (Å²) in [6.07, 6.45) is 9.84. The van der Waals surface area contributed by atoms with Gasteiger partial charge in [-0.1, -0.05) is 19.3 Å². The summed E-state index contributed by atoms with van der Waals surface area (Å²) in [5.74, 6) is 2.17. The molecule has 2 heteroatoms. The van der Waals surface area contributed by atoms with Gasteiger partial charge in [-0.3, -0.25) is 0 Å². The number of thioether (sulfide) groups is 1. The molecule has 0 aromatic carbocycles. The fourth-order valence-corrected chi connectivity index (χ4v) is 3.24. The summed E-state index contributed by atoms with van der Waals surface area (Å²) in [5, 5.41) is 0.981. The van der Waals surface area contributed by atoms with Gasteiger partial charge in [-0.25, -0.2) is 0 Å². The Morgan fingerprint density at radius 2 is 1.83 bits per heavy atom. The molecule has 0 aromatic heterocycles. The normalized spacial score (nSPS) is 19.8. The van der Waals surface area contributed by atoms with Crippen LogP contribution < -0.4 is 0 Å². The average Bonchev–Trinajstić information content (AvgIpc) is 2.14. The second kappa shape index (κ2) is 7.08. The second-order valence-corrected chi connectivity index (χ2v) is 5.31. The highest BCUT2D eigenvalue weighted by Gasteiger charge is 2.12. The van der Waals surface area contributed by atoms with Gasteiger partial charge in [-0.05, 0) is 31.4 Å². The first-order valence-corrected chi connectivity index (χ1v) is 6.69. The van der Waals surface area contributed by atoms with Crippen LogP contribution in [0.15, 0.2) is 0 Å². The maximum atomic E-state index is 5.61. The van der Waals surface area contributed by atoms with E-state index in [0.29, 0.717) is 0 Å². The van der Waals surface area contributed by atoms with Crippen molar-refractivity contribution in [2.45, 2.75) is 50.2 Å². The van der Waals surface area contributed by atoms with Crippen LogP contribution >= 0.6 is 23.4 Å². The van der Waals surface area contributed by atoms with Crippen molar-refractivity contribution >= 4 is 23.4 Å². The summed E-state index contributed by atoms with van der Waals surface area (Å²) >= 11 is 7.79. The van der Waals surface area contributed by atoms with Crippen LogP contribution in [0.3, 0.4) is 0 Å². The van der Waals surface area contributed by atoms with Crippen LogP contribution in [-0.4, -0.2) is 16.9 Å². The van der Waals surface area contributed by atoms with Crippen molar-refractivity contribution in [2.75, 3.05) is 11.6 Å². The molecule has 0 radical (unpaired) electrons. The number of unbranched alkanes of at least 4 members (excludes halogenated alkanes) is 1. The monoisotopic (exact) mass is 206 g/mol. The summed E-state index contributed by atoms with van der Waals surface area (Å²) in [5.41, 5.74) is 0. The lowest BCUT2D eigenvalue weighted by Crippen LogP contribution is -2.08. The van der Waals surface area contributed by atoms with Gasteiger partial charge in [0, 0.05) is 11.1 Å². The van der Waals surface area contributed by atoms with Crippen LogP contribution in [-0.2, 0) is 0 Å². The van der Waals surface area contributed by atoms with E-state index in [0.717, 1.165) is 11.1 Å². The molecular formula is C10H19ClS. The third-order valence-corrected chi connectivity index (χ3v) is 4.17. The molecule has 1 fully saturated rings. The Morgan fingerprint density at radius 3 is 2.50 bits per heavy atom. The minimum atomic E-state index is 0.839. The van der Waals surface area contributed by atoms with Crippen LogP contribution in [0.4, 0.5) is 0 Å². The Hall–Kier alpha value is 0.640. The van der Waals surface area contributed by atoms with Crippen molar-refractivity contribution in [3.05, 3.63) is 0 Å². The lowest BCUT2D eigenvalue weighted by molar-refractivity contribution is 0.516. The van der Waals surface area contributed by atoms with Crippen molar-refractivity contribution in [1.82, 2.24) is 0 Å². The molecule has 0 atom stereocenters. The minimum absolute atomic E-state index is 0.839. The van der Waals surface area contributed by atoms with Crippen LogP contribution in [0, 0.1) is 0 Å². The van der Waals surface area contributed by atoms with E-state index in [4.69, 9.17) is 11.6 Å². The Morgan fingerprint density at radius 1 is 1.08 bits per heavy atom. The topological polar surface area (TPSA) is 0 Å². The number of hydrogen-bond acceptors (Lipinski definition) is 1. The van der Waals surface area contributed by atoms with E-state index < -0.39 is 0 Å². The molecule has 1 rings (SSSR count). The molecular weight excluding hydrogens is 188 g/mol. The first-order chi connectivity index (χ1) is 5.93. The van der Waals surface area contributed by atoms with Gasteiger partial charge >= 0.3 is 0 Å². The van der Waals surface area contributed by atoms with Gasteiger partial charge in [0.15, 0.2) is 0 Å². The maximum absolute atomic E-state index is 5.61. The number of halogens is 1. The third-order valence-electron chi connectivity index (χ3n) is 2.43. The second-order valence-electron chi connectivity index (χ2n) is 3.53. The molecule has 0 unspecified atom stereocenters. The lowest BCUT2D eigenvalue weighted by atomic mass is 10.0. The zero-order valence-corrected chi connectivity index (χ0v) is 9.30. The van der Waals surface area contributed by atoms with E-state index in [9.17, 15) is 0 Å². The quantitative estimate of drug-likeness (QED) is 0.483. The molecule has 72 valence electrons. The van der Waals surface area contributed by atoms with Gasteiger partial charge in [-0.15, -0.1) is 11.6 Å². The van der Waals surface area contributed by atoms with Crippen molar-refractivity contribution in [2.24, 2.45) is 0 Å². The van der Waals surface area contributed by atoms with Crippen LogP contribution in [0.5, 0.6) is 0 Å². The average molecular weight is 207 g/mol. The Bertz CT molecular complexity index is 100. The summed E-state index contributed by atoms with van der Waals surface area (Å²) in [6, 6.07) is 0. The van der Waals surface area contributed by atoms with Gasteiger partial charge in [0.1, 0.15) is 0 Å². The van der Waals surface area contributed by atoms with Gasteiger partial charge in [0.05, 0.1) is 0 Å². The summed E-state index contributed by atoms with van der Waals surface area (Å²) < 4.78 is 0. The Balaban J connectivity index is 1.91. The van der Waals surface area contributed by atoms with Gasteiger partial charge in [-0.2, -0.15) is 11.8 Å². The zero-order chi connectivity index (χ0) is 8.65. The zero-order valence-electron chi connectivity index (χ0n) is 7.73. The fourth-order valence-electron chi connectivity index (χ4n) is 1.68. The largest absolute Gasteiger partial charge is 0.159 e. The number of hydrogen-bond donors (Lipinski definition) is 0. The highest BCUT2D eigenvalue weighted by Crippen LogP contribution is 2.28. The van der Waals surface area contributed by atoms with E-state index in [1.807, 2.05) is 0 Å². The molecule has 1 aliphatic rings. The van der Waals surface area contributed by atoms with Crippen LogP contribution in [0.25, 0.3) is 0 Å². The van der Waals surface area contributed by atoms with Gasteiger partial charge < -0.3 is 0 Å². The van der Waals surface area contributed by atoms with Crippen molar-refractivity contribution in [3.63, 3.8) is 0 Å². The van der Waals surface area contributed by atoms with E-state index in [-0.39, 0.29) is 0 Å².